The molecule has 0 aliphatic carbocycles. The number of sulfonamides is 1. The van der Waals surface area contributed by atoms with E-state index < -0.39 is 10.0 Å². The van der Waals surface area contributed by atoms with Crippen LogP contribution >= 0.6 is 0 Å². The molecule has 1 atom stereocenters. The van der Waals surface area contributed by atoms with Crippen LogP contribution in [0.3, 0.4) is 0 Å². The van der Waals surface area contributed by atoms with Crippen LogP contribution in [0.1, 0.15) is 26.2 Å². The Balaban J connectivity index is 2.47. The van der Waals surface area contributed by atoms with Crippen LogP contribution in [0.25, 0.3) is 0 Å². The first-order valence-corrected chi connectivity index (χ1v) is 8.76. The van der Waals surface area contributed by atoms with Crippen LogP contribution in [0.5, 0.6) is 0 Å². The Bertz CT molecular complexity index is 411. The maximum atomic E-state index is 12.1. The lowest BCUT2D eigenvalue weighted by Crippen LogP contribution is -2.52. The van der Waals surface area contributed by atoms with E-state index in [0.717, 1.165) is 12.8 Å². The summed E-state index contributed by atoms with van der Waals surface area (Å²) in [5.41, 5.74) is 0. The van der Waals surface area contributed by atoms with Crippen LogP contribution in [0.15, 0.2) is 0 Å². The Labute approximate surface area is 122 Å². The Hall–Kier alpha value is -0.680. The minimum atomic E-state index is -3.18. The fourth-order valence-electron chi connectivity index (χ4n) is 2.41. The molecule has 1 aliphatic heterocycles. The summed E-state index contributed by atoms with van der Waals surface area (Å²) >= 11 is 0. The van der Waals surface area contributed by atoms with Crippen molar-refractivity contribution in [1.82, 2.24) is 9.21 Å². The van der Waals surface area contributed by atoms with Gasteiger partial charge in [0.15, 0.2) is 0 Å². The molecule has 0 aromatic carbocycles. The molecule has 0 N–H and O–H groups in total. The molecular weight excluding hydrogens is 278 g/mol. The lowest BCUT2D eigenvalue weighted by Gasteiger charge is -2.36. The van der Waals surface area contributed by atoms with Crippen molar-refractivity contribution in [2.75, 3.05) is 45.6 Å². The van der Waals surface area contributed by atoms with Gasteiger partial charge in [-0.1, -0.05) is 13.3 Å². The van der Waals surface area contributed by atoms with Crippen molar-refractivity contribution in [3.8, 4) is 6.07 Å². The lowest BCUT2D eigenvalue weighted by molar-refractivity contribution is 0.156. The molecule has 0 aromatic rings. The molecule has 0 saturated carbocycles. The molecule has 1 aliphatic rings. The third-order valence-corrected chi connectivity index (χ3v) is 5.53. The molecule has 1 saturated heterocycles. The van der Waals surface area contributed by atoms with Gasteiger partial charge in [0.1, 0.15) is 0 Å². The molecule has 0 aromatic heterocycles. The molecule has 6 nitrogen and oxygen atoms in total. The highest BCUT2D eigenvalue weighted by Gasteiger charge is 2.29. The van der Waals surface area contributed by atoms with Crippen molar-refractivity contribution >= 4 is 10.0 Å². The standard InChI is InChI=1S/C13H25N3O3S/c1-3-5-13(12-14)15-6-8-16(9-7-15)20(17,18)11-4-10-19-2/h13H,3-11H2,1-2H3. The number of piperazine rings is 1. The molecular formula is C13H25N3O3S. The minimum absolute atomic E-state index is 0.0849. The zero-order valence-electron chi connectivity index (χ0n) is 12.4. The molecule has 0 radical (unpaired) electrons. The van der Waals surface area contributed by atoms with Crippen LogP contribution in [-0.2, 0) is 14.8 Å². The van der Waals surface area contributed by atoms with E-state index in [1.807, 2.05) is 0 Å². The monoisotopic (exact) mass is 303 g/mol. The lowest BCUT2D eigenvalue weighted by atomic mass is 10.1. The maximum absolute atomic E-state index is 12.1. The number of methoxy groups -OCH3 is 1. The van der Waals surface area contributed by atoms with Crippen molar-refractivity contribution in [3.63, 3.8) is 0 Å². The molecule has 0 bridgehead atoms. The van der Waals surface area contributed by atoms with Crippen molar-refractivity contribution in [2.45, 2.75) is 32.2 Å². The fourth-order valence-corrected chi connectivity index (χ4v) is 3.87. The SMILES string of the molecule is CCCC(C#N)N1CCN(S(=O)(=O)CCCOC)CC1. The van der Waals surface area contributed by atoms with Crippen molar-refractivity contribution in [1.29, 1.82) is 5.26 Å². The zero-order valence-corrected chi connectivity index (χ0v) is 13.2. The molecule has 1 unspecified atom stereocenters. The Kier molecular flexibility index (Phi) is 7.45. The zero-order chi connectivity index (χ0) is 15.0. The van der Waals surface area contributed by atoms with Crippen LogP contribution in [0.2, 0.25) is 0 Å². The van der Waals surface area contributed by atoms with E-state index in [1.54, 1.807) is 11.4 Å². The summed E-state index contributed by atoms with van der Waals surface area (Å²) in [5.74, 6) is 0.136. The van der Waals surface area contributed by atoms with Gasteiger partial charge in [-0.25, -0.2) is 8.42 Å². The average molecular weight is 303 g/mol. The van der Waals surface area contributed by atoms with E-state index in [-0.39, 0.29) is 11.8 Å². The summed E-state index contributed by atoms with van der Waals surface area (Å²) in [7, 11) is -1.61. The van der Waals surface area contributed by atoms with Gasteiger partial charge < -0.3 is 4.74 Å². The maximum Gasteiger partial charge on any atom is 0.214 e. The molecule has 1 rings (SSSR count). The van der Waals surface area contributed by atoms with Crippen LogP contribution in [0, 0.1) is 11.3 Å². The number of hydrogen-bond acceptors (Lipinski definition) is 5. The largest absolute Gasteiger partial charge is 0.385 e. The molecule has 1 fully saturated rings. The van der Waals surface area contributed by atoms with Gasteiger partial charge in [0.2, 0.25) is 10.0 Å². The van der Waals surface area contributed by atoms with E-state index in [4.69, 9.17) is 10.00 Å². The molecule has 0 amide bonds. The predicted molar refractivity (Wildman–Crippen MR) is 77.7 cm³/mol. The number of hydrogen-bond donors (Lipinski definition) is 0. The molecule has 20 heavy (non-hydrogen) atoms. The van der Waals surface area contributed by atoms with E-state index in [0.29, 0.717) is 39.2 Å². The van der Waals surface area contributed by atoms with Crippen LogP contribution < -0.4 is 0 Å². The topological polar surface area (TPSA) is 73.6 Å². The van der Waals surface area contributed by atoms with Crippen molar-refractivity contribution < 1.29 is 13.2 Å². The fraction of sp³-hybridized carbons (Fsp3) is 0.923. The molecule has 1 heterocycles. The Morgan fingerprint density at radius 2 is 1.95 bits per heavy atom. The van der Waals surface area contributed by atoms with E-state index >= 15 is 0 Å². The first kappa shape index (κ1) is 17.4. The first-order chi connectivity index (χ1) is 9.55. The van der Waals surface area contributed by atoms with Gasteiger partial charge in [-0.2, -0.15) is 9.57 Å². The second-order valence-electron chi connectivity index (χ2n) is 5.03. The van der Waals surface area contributed by atoms with Gasteiger partial charge in [-0.15, -0.1) is 0 Å². The summed E-state index contributed by atoms with van der Waals surface area (Å²) in [6, 6.07) is 2.22. The first-order valence-electron chi connectivity index (χ1n) is 7.15. The van der Waals surface area contributed by atoms with Gasteiger partial charge in [0.05, 0.1) is 17.9 Å². The summed E-state index contributed by atoms with van der Waals surface area (Å²) in [4.78, 5) is 2.09. The highest BCUT2D eigenvalue weighted by atomic mass is 32.2. The normalized spacial score (nSPS) is 19.6. The van der Waals surface area contributed by atoms with Crippen molar-refractivity contribution in [2.24, 2.45) is 0 Å². The minimum Gasteiger partial charge on any atom is -0.385 e. The number of nitrogens with zero attached hydrogens (tertiary/aromatic N) is 3. The summed E-state index contributed by atoms with van der Waals surface area (Å²) in [6.45, 7) is 4.77. The summed E-state index contributed by atoms with van der Waals surface area (Å²) in [5, 5.41) is 9.14. The number of rotatable bonds is 8. The molecule has 0 spiro atoms. The van der Waals surface area contributed by atoms with Gasteiger partial charge in [-0.05, 0) is 12.8 Å². The quantitative estimate of drug-likeness (QED) is 0.616. The molecule has 7 heteroatoms. The van der Waals surface area contributed by atoms with Crippen LogP contribution in [0.4, 0.5) is 0 Å². The predicted octanol–water partition coefficient (Wildman–Crippen LogP) is 0.663. The van der Waals surface area contributed by atoms with Gasteiger partial charge in [-0.3, -0.25) is 4.90 Å². The number of ether oxygens (including phenoxy) is 1. The van der Waals surface area contributed by atoms with Crippen LogP contribution in [-0.4, -0.2) is 69.3 Å². The van der Waals surface area contributed by atoms with Gasteiger partial charge >= 0.3 is 0 Å². The Morgan fingerprint density at radius 3 is 2.45 bits per heavy atom. The third-order valence-electron chi connectivity index (χ3n) is 3.57. The van der Waals surface area contributed by atoms with Gasteiger partial charge in [0.25, 0.3) is 0 Å². The molecule has 116 valence electrons. The second kappa shape index (κ2) is 8.57. The summed E-state index contributed by atoms with van der Waals surface area (Å²) in [6.07, 6.45) is 2.33. The van der Waals surface area contributed by atoms with E-state index in [9.17, 15) is 8.42 Å². The average Bonchev–Trinajstić information content (AvgIpc) is 2.45. The summed E-state index contributed by atoms with van der Waals surface area (Å²) < 4.78 is 30.7. The third kappa shape index (κ3) is 5.02. The highest BCUT2D eigenvalue weighted by molar-refractivity contribution is 7.89. The smallest absolute Gasteiger partial charge is 0.214 e. The number of nitriles is 1. The van der Waals surface area contributed by atoms with Crippen molar-refractivity contribution in [3.05, 3.63) is 0 Å². The Morgan fingerprint density at radius 1 is 1.30 bits per heavy atom. The van der Waals surface area contributed by atoms with Gasteiger partial charge in [0, 0.05) is 39.9 Å². The van der Waals surface area contributed by atoms with E-state index in [2.05, 4.69) is 17.9 Å². The van der Waals surface area contributed by atoms with E-state index in [1.165, 1.54) is 0 Å². The second-order valence-corrected chi connectivity index (χ2v) is 7.12. The highest BCUT2D eigenvalue weighted by Crippen LogP contribution is 2.13.